The van der Waals surface area contributed by atoms with Crippen LogP contribution in [0.5, 0.6) is 0 Å². The third kappa shape index (κ3) is 5.80. The Morgan fingerprint density at radius 1 is 1.27 bits per heavy atom. The molecule has 0 bridgehead atoms. The van der Waals surface area contributed by atoms with Gasteiger partial charge in [-0.15, -0.1) is 0 Å². The van der Waals surface area contributed by atoms with Crippen molar-refractivity contribution in [3.8, 4) is 0 Å². The Morgan fingerprint density at radius 2 is 1.90 bits per heavy atom. The van der Waals surface area contributed by atoms with E-state index in [1.54, 1.807) is 20.8 Å². The molecule has 2 amide bonds. The number of carbonyl (C=O) groups is 2. The Kier molecular flexibility index (Phi) is 6.57. The second-order valence-corrected chi connectivity index (χ2v) is 7.85. The van der Waals surface area contributed by atoms with Crippen LogP contribution < -0.4 is 5.32 Å². The quantitative estimate of drug-likeness (QED) is 0.441. The lowest BCUT2D eigenvalue weighted by molar-refractivity contribution is -0.387. The molecule has 0 aliphatic carbocycles. The summed E-state index contributed by atoms with van der Waals surface area (Å²) in [6.07, 6.45) is -4.99. The number of benzene rings is 1. The number of nitrogens with zero attached hydrogens (tertiary/aromatic N) is 2. The zero-order valence-corrected chi connectivity index (χ0v) is 16.5. The molecule has 1 aliphatic heterocycles. The van der Waals surface area contributed by atoms with Crippen LogP contribution in [0.3, 0.4) is 0 Å². The first-order valence-corrected chi connectivity index (χ1v) is 9.03. The molecule has 0 radical (unpaired) electrons. The van der Waals surface area contributed by atoms with Crippen molar-refractivity contribution < 1.29 is 36.8 Å². The number of alkyl halides is 3. The van der Waals surface area contributed by atoms with Crippen LogP contribution in [-0.2, 0) is 10.9 Å². The van der Waals surface area contributed by atoms with E-state index in [-0.39, 0.29) is 19.2 Å². The molecule has 1 aliphatic rings. The molecule has 1 N–H and O–H groups in total. The number of nitrogens with one attached hydrogen (secondary N) is 1. The van der Waals surface area contributed by atoms with Gasteiger partial charge in [-0.1, -0.05) is 0 Å². The minimum absolute atomic E-state index is 0.0371. The molecule has 0 unspecified atom stereocenters. The van der Waals surface area contributed by atoms with Gasteiger partial charge in [0.25, 0.3) is 5.91 Å². The maximum absolute atomic E-state index is 13.9. The molecule has 1 atom stereocenters. The lowest BCUT2D eigenvalue weighted by Crippen LogP contribution is -2.50. The number of rotatable bonds is 3. The molecule has 0 spiro atoms. The highest BCUT2D eigenvalue weighted by Crippen LogP contribution is 2.36. The highest BCUT2D eigenvalue weighted by molar-refractivity contribution is 5.95. The summed E-state index contributed by atoms with van der Waals surface area (Å²) < 4.78 is 58.2. The Morgan fingerprint density at radius 3 is 2.43 bits per heavy atom. The summed E-state index contributed by atoms with van der Waals surface area (Å²) in [5.41, 5.74) is -4.72. The second-order valence-electron chi connectivity index (χ2n) is 7.85. The fraction of sp³-hybridized carbons (Fsp3) is 0.556. The summed E-state index contributed by atoms with van der Waals surface area (Å²) in [5, 5.41) is 13.5. The van der Waals surface area contributed by atoms with Crippen LogP contribution >= 0.6 is 0 Å². The van der Waals surface area contributed by atoms with Crippen molar-refractivity contribution in [2.45, 2.75) is 51.4 Å². The van der Waals surface area contributed by atoms with Gasteiger partial charge in [-0.3, -0.25) is 14.9 Å². The van der Waals surface area contributed by atoms with Crippen molar-refractivity contribution in [1.82, 2.24) is 10.2 Å². The second kappa shape index (κ2) is 8.44. The van der Waals surface area contributed by atoms with Gasteiger partial charge in [-0.05, 0) is 39.7 Å². The highest BCUT2D eigenvalue weighted by atomic mass is 19.4. The van der Waals surface area contributed by atoms with Crippen LogP contribution in [0.25, 0.3) is 0 Å². The lowest BCUT2D eigenvalue weighted by Gasteiger charge is -2.33. The number of likely N-dealkylation sites (tertiary alicyclic amines) is 1. The maximum Gasteiger partial charge on any atom is 0.419 e. The normalized spacial score (nSPS) is 17.4. The van der Waals surface area contributed by atoms with Gasteiger partial charge in [0, 0.05) is 30.8 Å². The standard InChI is InChI=1S/C18H21F4N3O5/c1-17(2,3)30-16(27)23-11-5-4-6-24(9-11)15(26)10-7-12(18(20,21)22)14(19)13(8-10)25(28)29/h7-8,11H,4-6,9H2,1-3H3,(H,23,27)/t11-/m1/s1. The van der Waals surface area contributed by atoms with Gasteiger partial charge in [0.15, 0.2) is 0 Å². The fourth-order valence-electron chi connectivity index (χ4n) is 3.01. The molecule has 0 saturated carbocycles. The van der Waals surface area contributed by atoms with Crippen molar-refractivity contribution in [1.29, 1.82) is 0 Å². The third-order valence-corrected chi connectivity index (χ3v) is 4.23. The van der Waals surface area contributed by atoms with E-state index in [0.29, 0.717) is 18.9 Å². The van der Waals surface area contributed by atoms with Gasteiger partial charge in [-0.2, -0.15) is 17.6 Å². The molecule has 1 fully saturated rings. The van der Waals surface area contributed by atoms with Crippen LogP contribution in [-0.4, -0.2) is 46.6 Å². The number of ether oxygens (including phenoxy) is 1. The van der Waals surface area contributed by atoms with E-state index in [2.05, 4.69) is 5.32 Å². The minimum Gasteiger partial charge on any atom is -0.444 e. The zero-order valence-electron chi connectivity index (χ0n) is 16.5. The zero-order chi connectivity index (χ0) is 22.9. The van der Waals surface area contributed by atoms with E-state index in [4.69, 9.17) is 4.74 Å². The van der Waals surface area contributed by atoms with Crippen LogP contribution in [0.15, 0.2) is 12.1 Å². The Labute approximate surface area is 169 Å². The number of carbonyl (C=O) groups excluding carboxylic acids is 2. The lowest BCUT2D eigenvalue weighted by atomic mass is 10.0. The minimum atomic E-state index is -5.21. The average Bonchev–Trinajstić information content (AvgIpc) is 2.58. The number of amides is 2. The summed E-state index contributed by atoms with van der Waals surface area (Å²) in [7, 11) is 0. The SMILES string of the molecule is CC(C)(C)OC(=O)N[C@@H]1CCCN(C(=O)c2cc([N+](=O)[O-])c(F)c(C(F)(F)F)c2)C1. The molecule has 30 heavy (non-hydrogen) atoms. The Bertz CT molecular complexity index is 851. The van der Waals surface area contributed by atoms with E-state index in [9.17, 15) is 37.3 Å². The summed E-state index contributed by atoms with van der Waals surface area (Å²) in [6.45, 7) is 5.14. The van der Waals surface area contributed by atoms with E-state index < -0.39 is 57.4 Å². The van der Waals surface area contributed by atoms with E-state index >= 15 is 0 Å². The molecule has 1 heterocycles. The molecule has 0 aromatic heterocycles. The monoisotopic (exact) mass is 435 g/mol. The topological polar surface area (TPSA) is 102 Å². The van der Waals surface area contributed by atoms with Gasteiger partial charge < -0.3 is 15.0 Å². The summed E-state index contributed by atoms with van der Waals surface area (Å²) in [4.78, 5) is 35.4. The molecular weight excluding hydrogens is 414 g/mol. The van der Waals surface area contributed by atoms with Crippen molar-refractivity contribution in [3.63, 3.8) is 0 Å². The first-order chi connectivity index (χ1) is 13.7. The van der Waals surface area contributed by atoms with Crippen LogP contribution in [0.4, 0.5) is 28.0 Å². The van der Waals surface area contributed by atoms with Crippen LogP contribution in [0, 0.1) is 15.9 Å². The number of nitro groups is 1. The predicted octanol–water partition coefficient (Wildman–Crippen LogP) is 3.88. The third-order valence-electron chi connectivity index (χ3n) is 4.23. The van der Waals surface area contributed by atoms with Gasteiger partial charge in [-0.25, -0.2) is 4.79 Å². The van der Waals surface area contributed by atoms with Gasteiger partial charge in [0.1, 0.15) is 5.60 Å². The first-order valence-electron chi connectivity index (χ1n) is 9.03. The fourth-order valence-corrected chi connectivity index (χ4v) is 3.01. The van der Waals surface area contributed by atoms with Gasteiger partial charge >= 0.3 is 18.0 Å². The van der Waals surface area contributed by atoms with Crippen molar-refractivity contribution in [2.24, 2.45) is 0 Å². The first kappa shape index (κ1) is 23.4. The van der Waals surface area contributed by atoms with Crippen molar-refractivity contribution in [2.75, 3.05) is 13.1 Å². The van der Waals surface area contributed by atoms with Crippen molar-refractivity contribution in [3.05, 3.63) is 39.2 Å². The summed E-state index contributed by atoms with van der Waals surface area (Å²) >= 11 is 0. The van der Waals surface area contributed by atoms with E-state index in [1.807, 2.05) is 0 Å². The predicted molar refractivity (Wildman–Crippen MR) is 96.4 cm³/mol. The number of hydrogen-bond acceptors (Lipinski definition) is 5. The Balaban J connectivity index is 2.24. The maximum atomic E-state index is 13.9. The number of alkyl carbamates (subject to hydrolysis) is 1. The molecule has 166 valence electrons. The Hall–Kier alpha value is -2.92. The molecule has 12 heteroatoms. The molecule has 1 aromatic carbocycles. The highest BCUT2D eigenvalue weighted by Gasteiger charge is 2.39. The summed E-state index contributed by atoms with van der Waals surface area (Å²) in [6, 6.07) is 0.225. The van der Waals surface area contributed by atoms with Gasteiger partial charge in [0.2, 0.25) is 5.82 Å². The van der Waals surface area contributed by atoms with E-state index in [1.165, 1.54) is 0 Å². The average molecular weight is 435 g/mol. The number of hydrogen-bond donors (Lipinski definition) is 1. The number of halogens is 4. The molecular formula is C18H21F4N3O5. The largest absolute Gasteiger partial charge is 0.444 e. The van der Waals surface area contributed by atoms with Crippen LogP contribution in [0.2, 0.25) is 0 Å². The molecule has 1 saturated heterocycles. The van der Waals surface area contributed by atoms with E-state index in [0.717, 1.165) is 4.90 Å². The smallest absolute Gasteiger partial charge is 0.419 e. The number of piperidine rings is 1. The number of nitro benzene ring substituents is 1. The van der Waals surface area contributed by atoms with Crippen molar-refractivity contribution >= 4 is 17.7 Å². The molecule has 8 nitrogen and oxygen atoms in total. The molecule has 1 aromatic rings. The van der Waals surface area contributed by atoms with Gasteiger partial charge in [0.05, 0.1) is 10.5 Å². The molecule has 2 rings (SSSR count). The van der Waals surface area contributed by atoms with Crippen LogP contribution in [0.1, 0.15) is 49.5 Å². The summed E-state index contributed by atoms with van der Waals surface area (Å²) in [5.74, 6) is -2.98.